The zero-order valence-corrected chi connectivity index (χ0v) is 16.5. The molecule has 1 aliphatic heterocycles. The van der Waals surface area contributed by atoms with Gasteiger partial charge in [0.1, 0.15) is 6.10 Å². The van der Waals surface area contributed by atoms with Crippen LogP contribution in [0.1, 0.15) is 56.6 Å². The van der Waals surface area contributed by atoms with Crippen LogP contribution in [0.2, 0.25) is 0 Å². The molecule has 0 aromatic carbocycles. The van der Waals surface area contributed by atoms with Crippen molar-refractivity contribution in [2.75, 3.05) is 27.2 Å². The van der Waals surface area contributed by atoms with E-state index in [2.05, 4.69) is 21.8 Å². The Morgan fingerprint density at radius 3 is 2.81 bits per heavy atom. The van der Waals surface area contributed by atoms with Crippen molar-refractivity contribution in [3.05, 3.63) is 11.9 Å². The lowest BCUT2D eigenvalue weighted by Crippen LogP contribution is -2.52. The molecular weight excluding hydrogens is 346 g/mol. The molecule has 2 heterocycles. The topological polar surface area (TPSA) is 92.5 Å². The van der Waals surface area contributed by atoms with Gasteiger partial charge in [-0.25, -0.2) is 0 Å². The molecule has 1 saturated heterocycles. The molecular formula is C19H33N5O3. The molecule has 152 valence electrons. The summed E-state index contributed by atoms with van der Waals surface area (Å²) in [5, 5.41) is 21.3. The molecule has 3 rings (SSSR count). The van der Waals surface area contributed by atoms with Gasteiger partial charge in [0.25, 0.3) is 0 Å². The van der Waals surface area contributed by atoms with Gasteiger partial charge >= 0.3 is 0 Å². The van der Waals surface area contributed by atoms with Gasteiger partial charge in [-0.05, 0) is 46.2 Å². The van der Waals surface area contributed by atoms with Crippen LogP contribution in [0.4, 0.5) is 0 Å². The van der Waals surface area contributed by atoms with Crippen LogP contribution >= 0.6 is 0 Å². The van der Waals surface area contributed by atoms with Gasteiger partial charge < -0.3 is 20.1 Å². The van der Waals surface area contributed by atoms with Crippen molar-refractivity contribution in [1.29, 1.82) is 0 Å². The SMILES string of the molecule is CN(C)CC(=O)N[C@@H]1CC[C@@H](CCn2cc(C3CCCC3)nn2)O[C@H]1CO. The number of amides is 1. The van der Waals surface area contributed by atoms with Gasteiger partial charge in [0, 0.05) is 18.7 Å². The molecule has 27 heavy (non-hydrogen) atoms. The maximum Gasteiger partial charge on any atom is 0.234 e. The number of carbonyl (C=O) groups is 1. The Bertz CT molecular complexity index is 600. The van der Waals surface area contributed by atoms with E-state index in [0.717, 1.165) is 31.5 Å². The second-order valence-electron chi connectivity index (χ2n) is 8.14. The minimum Gasteiger partial charge on any atom is -0.394 e. The molecule has 2 fully saturated rings. The third-order valence-corrected chi connectivity index (χ3v) is 5.61. The van der Waals surface area contributed by atoms with Crippen molar-refractivity contribution >= 4 is 5.91 Å². The van der Waals surface area contributed by atoms with Crippen molar-refractivity contribution in [3.63, 3.8) is 0 Å². The number of aryl methyl sites for hydroxylation is 1. The zero-order chi connectivity index (χ0) is 19.2. The van der Waals surface area contributed by atoms with E-state index in [9.17, 15) is 9.90 Å². The lowest BCUT2D eigenvalue weighted by Gasteiger charge is -2.36. The van der Waals surface area contributed by atoms with Crippen LogP contribution in [0.5, 0.6) is 0 Å². The number of aromatic nitrogens is 3. The monoisotopic (exact) mass is 379 g/mol. The van der Waals surface area contributed by atoms with Crippen molar-refractivity contribution in [2.45, 2.75) is 75.7 Å². The Kier molecular flexibility index (Phi) is 7.20. The zero-order valence-electron chi connectivity index (χ0n) is 16.5. The largest absolute Gasteiger partial charge is 0.394 e. The van der Waals surface area contributed by atoms with Crippen LogP contribution in [0.25, 0.3) is 0 Å². The van der Waals surface area contributed by atoms with Crippen molar-refractivity contribution < 1.29 is 14.6 Å². The van der Waals surface area contributed by atoms with E-state index in [1.165, 1.54) is 25.7 Å². The van der Waals surface area contributed by atoms with Crippen molar-refractivity contribution in [1.82, 2.24) is 25.2 Å². The number of hydrogen-bond donors (Lipinski definition) is 2. The number of likely N-dealkylation sites (N-methyl/N-ethyl adjacent to an activating group) is 1. The summed E-state index contributed by atoms with van der Waals surface area (Å²) in [6.45, 7) is 1.02. The number of rotatable bonds is 8. The highest BCUT2D eigenvalue weighted by Crippen LogP contribution is 2.32. The van der Waals surface area contributed by atoms with E-state index in [-0.39, 0.29) is 30.8 Å². The number of aliphatic hydroxyl groups excluding tert-OH is 1. The van der Waals surface area contributed by atoms with Gasteiger partial charge in [0.2, 0.25) is 5.91 Å². The molecule has 0 bridgehead atoms. The molecule has 0 radical (unpaired) electrons. The number of nitrogens with one attached hydrogen (secondary N) is 1. The first-order chi connectivity index (χ1) is 13.0. The van der Waals surface area contributed by atoms with E-state index in [4.69, 9.17) is 4.74 Å². The Labute approximate surface area is 161 Å². The molecule has 3 atom stereocenters. The summed E-state index contributed by atoms with van der Waals surface area (Å²) in [7, 11) is 3.72. The Morgan fingerprint density at radius 2 is 2.11 bits per heavy atom. The molecule has 8 heteroatoms. The summed E-state index contributed by atoms with van der Waals surface area (Å²) in [4.78, 5) is 13.8. The normalized spacial score (nSPS) is 26.6. The van der Waals surface area contributed by atoms with Gasteiger partial charge in [0.05, 0.1) is 31.0 Å². The molecule has 1 amide bonds. The fraction of sp³-hybridized carbons (Fsp3) is 0.842. The van der Waals surface area contributed by atoms with Crippen LogP contribution in [0, 0.1) is 0 Å². The second-order valence-corrected chi connectivity index (χ2v) is 8.14. The highest BCUT2D eigenvalue weighted by Gasteiger charge is 2.32. The van der Waals surface area contributed by atoms with E-state index in [1.807, 2.05) is 23.7 Å². The van der Waals surface area contributed by atoms with Gasteiger partial charge in [-0.15, -0.1) is 5.10 Å². The quantitative estimate of drug-likeness (QED) is 0.698. The number of hydrogen-bond acceptors (Lipinski definition) is 6. The van der Waals surface area contributed by atoms with Crippen molar-refractivity contribution in [2.24, 2.45) is 0 Å². The molecule has 2 N–H and O–H groups in total. The van der Waals surface area contributed by atoms with Crippen LogP contribution in [-0.4, -0.2) is 76.4 Å². The summed E-state index contributed by atoms with van der Waals surface area (Å²) in [5.74, 6) is 0.544. The minimum atomic E-state index is -0.348. The molecule has 0 spiro atoms. The van der Waals surface area contributed by atoms with Gasteiger partial charge in [-0.3, -0.25) is 9.48 Å². The number of aliphatic hydroxyl groups is 1. The van der Waals surface area contributed by atoms with Crippen LogP contribution < -0.4 is 5.32 Å². The Balaban J connectivity index is 1.45. The average Bonchev–Trinajstić information content (AvgIpc) is 3.31. The van der Waals surface area contributed by atoms with Gasteiger partial charge in [0.15, 0.2) is 0 Å². The lowest BCUT2D eigenvalue weighted by molar-refractivity contribution is -0.129. The number of carbonyl (C=O) groups excluding carboxylic acids is 1. The highest BCUT2D eigenvalue weighted by atomic mass is 16.5. The predicted molar refractivity (Wildman–Crippen MR) is 101 cm³/mol. The maximum absolute atomic E-state index is 12.0. The molecule has 1 aromatic rings. The summed E-state index contributed by atoms with van der Waals surface area (Å²) in [6, 6.07) is -0.126. The van der Waals surface area contributed by atoms with Crippen LogP contribution in [0.15, 0.2) is 6.20 Å². The number of ether oxygens (including phenoxy) is 1. The van der Waals surface area contributed by atoms with Crippen molar-refractivity contribution in [3.8, 4) is 0 Å². The molecule has 2 aliphatic rings. The fourth-order valence-electron chi connectivity index (χ4n) is 4.16. The average molecular weight is 380 g/mol. The molecule has 8 nitrogen and oxygen atoms in total. The van der Waals surface area contributed by atoms with E-state index < -0.39 is 0 Å². The third kappa shape index (κ3) is 5.73. The van der Waals surface area contributed by atoms with E-state index >= 15 is 0 Å². The second kappa shape index (κ2) is 9.61. The van der Waals surface area contributed by atoms with Gasteiger partial charge in [-0.1, -0.05) is 18.1 Å². The summed E-state index contributed by atoms with van der Waals surface area (Å²) in [5.41, 5.74) is 1.12. The lowest BCUT2D eigenvalue weighted by atomic mass is 9.97. The van der Waals surface area contributed by atoms with Crippen LogP contribution in [-0.2, 0) is 16.1 Å². The summed E-state index contributed by atoms with van der Waals surface area (Å²) >= 11 is 0. The smallest absolute Gasteiger partial charge is 0.234 e. The molecule has 1 aromatic heterocycles. The van der Waals surface area contributed by atoms with E-state index in [0.29, 0.717) is 12.5 Å². The molecule has 1 aliphatic carbocycles. The first kappa shape index (κ1) is 20.2. The highest BCUT2D eigenvalue weighted by molar-refractivity contribution is 5.78. The predicted octanol–water partition coefficient (Wildman–Crippen LogP) is 0.912. The number of nitrogens with zero attached hydrogens (tertiary/aromatic N) is 4. The van der Waals surface area contributed by atoms with Gasteiger partial charge in [-0.2, -0.15) is 0 Å². The fourth-order valence-corrected chi connectivity index (χ4v) is 4.16. The van der Waals surface area contributed by atoms with Crippen LogP contribution in [0.3, 0.4) is 0 Å². The Hall–Kier alpha value is -1.51. The molecule has 1 saturated carbocycles. The third-order valence-electron chi connectivity index (χ3n) is 5.61. The summed E-state index contributed by atoms with van der Waals surface area (Å²) < 4.78 is 7.96. The first-order valence-corrected chi connectivity index (χ1v) is 10.2. The van der Waals surface area contributed by atoms with E-state index in [1.54, 1.807) is 0 Å². The maximum atomic E-state index is 12.0. The summed E-state index contributed by atoms with van der Waals surface area (Å²) in [6.07, 6.45) is 9.36. The molecule has 0 unspecified atom stereocenters. The Morgan fingerprint density at radius 1 is 1.33 bits per heavy atom. The standard InChI is InChI=1S/C19H33N5O3/c1-23(2)12-19(26)20-16-8-7-15(27-18(16)13-25)9-10-24-11-17(21-22-24)14-5-3-4-6-14/h11,14-16,18,25H,3-10,12-13H2,1-2H3,(H,20,26)/t15-,16+,18-/m0/s1. The first-order valence-electron chi connectivity index (χ1n) is 10.2. The minimum absolute atomic E-state index is 0.0347.